The largest absolute Gasteiger partial charge is 0.454 e. The molecule has 1 aromatic carbocycles. The van der Waals surface area contributed by atoms with Crippen molar-refractivity contribution in [2.75, 3.05) is 5.32 Å². The zero-order chi connectivity index (χ0) is 22.8. The standard InChI is InChI=1S/C19H13Cl3N6O4/c20-14-2-1-3-15(21)13(14)9-27-10-16(22)18(25-27)24-19(29)17-5-4-12(32-17)8-26-7-11(6-23-26)28(30)31/h1-7,10H,8-9H2,(H,24,25,29). The van der Waals surface area contributed by atoms with Crippen LogP contribution < -0.4 is 5.32 Å². The first-order valence-electron chi connectivity index (χ1n) is 9.03. The Morgan fingerprint density at radius 2 is 1.81 bits per heavy atom. The molecule has 0 aliphatic heterocycles. The average Bonchev–Trinajstić information content (AvgIpc) is 3.46. The number of nitrogens with zero attached hydrogens (tertiary/aromatic N) is 5. The molecule has 0 unspecified atom stereocenters. The molecule has 3 heterocycles. The highest BCUT2D eigenvalue weighted by Gasteiger charge is 2.17. The summed E-state index contributed by atoms with van der Waals surface area (Å²) in [5, 5.41) is 22.7. The first-order chi connectivity index (χ1) is 15.3. The molecule has 0 spiro atoms. The maximum Gasteiger partial charge on any atom is 0.307 e. The van der Waals surface area contributed by atoms with Crippen molar-refractivity contribution in [2.24, 2.45) is 0 Å². The van der Waals surface area contributed by atoms with E-state index in [4.69, 9.17) is 39.2 Å². The van der Waals surface area contributed by atoms with Crippen LogP contribution in [0, 0.1) is 10.1 Å². The van der Waals surface area contributed by atoms with Crippen LogP contribution in [0.3, 0.4) is 0 Å². The molecule has 164 valence electrons. The van der Waals surface area contributed by atoms with Crippen LogP contribution in [0.2, 0.25) is 15.1 Å². The Bertz CT molecular complexity index is 1290. The number of furan rings is 1. The van der Waals surface area contributed by atoms with E-state index in [-0.39, 0.29) is 35.4 Å². The Hall–Kier alpha value is -3.34. The summed E-state index contributed by atoms with van der Waals surface area (Å²) in [5.74, 6) is -0.0225. The van der Waals surface area contributed by atoms with Crippen molar-refractivity contribution in [1.29, 1.82) is 0 Å². The van der Waals surface area contributed by atoms with Crippen LogP contribution >= 0.6 is 34.8 Å². The highest BCUT2D eigenvalue weighted by molar-refractivity contribution is 6.36. The van der Waals surface area contributed by atoms with Gasteiger partial charge in [0, 0.05) is 21.8 Å². The molecule has 1 N–H and O–H groups in total. The lowest BCUT2D eigenvalue weighted by Crippen LogP contribution is -2.12. The molecule has 0 aliphatic carbocycles. The normalized spacial score (nSPS) is 11.0. The van der Waals surface area contributed by atoms with Crippen LogP contribution in [0.25, 0.3) is 0 Å². The minimum Gasteiger partial charge on any atom is -0.454 e. The van der Waals surface area contributed by atoms with E-state index >= 15 is 0 Å². The molecule has 10 nitrogen and oxygen atoms in total. The van der Waals surface area contributed by atoms with Gasteiger partial charge >= 0.3 is 5.69 Å². The van der Waals surface area contributed by atoms with Gasteiger partial charge < -0.3 is 9.73 Å². The van der Waals surface area contributed by atoms with Crippen molar-refractivity contribution in [3.8, 4) is 0 Å². The third kappa shape index (κ3) is 4.77. The smallest absolute Gasteiger partial charge is 0.307 e. The Kier molecular flexibility index (Phi) is 6.17. The number of rotatable bonds is 7. The molecule has 4 aromatic rings. The van der Waals surface area contributed by atoms with E-state index in [1.807, 2.05) is 0 Å². The van der Waals surface area contributed by atoms with Crippen LogP contribution in [0.4, 0.5) is 11.5 Å². The number of amides is 1. The van der Waals surface area contributed by atoms with E-state index in [1.165, 1.54) is 27.8 Å². The monoisotopic (exact) mass is 494 g/mol. The summed E-state index contributed by atoms with van der Waals surface area (Å²) < 4.78 is 8.34. The molecule has 0 saturated heterocycles. The number of benzene rings is 1. The molecule has 1 amide bonds. The third-order valence-electron chi connectivity index (χ3n) is 4.36. The molecule has 0 bridgehead atoms. The fourth-order valence-electron chi connectivity index (χ4n) is 2.86. The summed E-state index contributed by atoms with van der Waals surface area (Å²) in [6.45, 7) is 0.379. The number of halogens is 3. The van der Waals surface area contributed by atoms with Crippen molar-refractivity contribution in [2.45, 2.75) is 13.1 Å². The van der Waals surface area contributed by atoms with Gasteiger partial charge in [-0.15, -0.1) is 0 Å². The highest BCUT2D eigenvalue weighted by atomic mass is 35.5. The summed E-state index contributed by atoms with van der Waals surface area (Å²) in [6, 6.07) is 8.21. The second-order valence-corrected chi connectivity index (χ2v) is 7.82. The zero-order valence-electron chi connectivity index (χ0n) is 16.0. The predicted molar refractivity (Wildman–Crippen MR) is 117 cm³/mol. The van der Waals surface area contributed by atoms with Gasteiger partial charge in [0.1, 0.15) is 23.2 Å². The van der Waals surface area contributed by atoms with E-state index in [0.29, 0.717) is 21.4 Å². The number of nitrogens with one attached hydrogen (secondary N) is 1. The number of carbonyl (C=O) groups excluding carboxylic acids is 1. The Labute approximate surface area is 195 Å². The molecule has 0 aliphatic rings. The molecule has 3 aromatic heterocycles. The summed E-state index contributed by atoms with van der Waals surface area (Å²) in [6.07, 6.45) is 3.93. The zero-order valence-corrected chi connectivity index (χ0v) is 18.3. The fourth-order valence-corrected chi connectivity index (χ4v) is 3.57. The Morgan fingerprint density at radius 3 is 2.50 bits per heavy atom. The quantitative estimate of drug-likeness (QED) is 0.288. The molecular formula is C19H13Cl3N6O4. The number of anilines is 1. The fraction of sp³-hybridized carbons (Fsp3) is 0.105. The van der Waals surface area contributed by atoms with E-state index in [1.54, 1.807) is 24.3 Å². The first-order valence-corrected chi connectivity index (χ1v) is 10.2. The lowest BCUT2D eigenvalue weighted by atomic mass is 10.2. The van der Waals surface area contributed by atoms with Gasteiger partial charge in [-0.1, -0.05) is 40.9 Å². The van der Waals surface area contributed by atoms with Gasteiger partial charge in [-0.05, 0) is 24.3 Å². The Morgan fingerprint density at radius 1 is 1.06 bits per heavy atom. The lowest BCUT2D eigenvalue weighted by molar-refractivity contribution is -0.385. The topological polar surface area (TPSA) is 121 Å². The van der Waals surface area contributed by atoms with Crippen molar-refractivity contribution >= 4 is 52.2 Å². The van der Waals surface area contributed by atoms with E-state index in [0.717, 1.165) is 6.20 Å². The molecule has 0 saturated carbocycles. The number of hydrogen-bond acceptors (Lipinski definition) is 6. The van der Waals surface area contributed by atoms with Gasteiger partial charge in [0.25, 0.3) is 5.91 Å². The second kappa shape index (κ2) is 9.03. The third-order valence-corrected chi connectivity index (χ3v) is 5.35. The lowest BCUT2D eigenvalue weighted by Gasteiger charge is -2.06. The molecule has 32 heavy (non-hydrogen) atoms. The van der Waals surface area contributed by atoms with Crippen molar-refractivity contribution in [3.63, 3.8) is 0 Å². The maximum absolute atomic E-state index is 12.5. The number of carbonyl (C=O) groups is 1. The van der Waals surface area contributed by atoms with Gasteiger partial charge in [-0.3, -0.25) is 24.3 Å². The van der Waals surface area contributed by atoms with Crippen LogP contribution in [0.5, 0.6) is 0 Å². The molecular weight excluding hydrogens is 483 g/mol. The van der Waals surface area contributed by atoms with Crippen molar-refractivity contribution in [3.05, 3.63) is 91.2 Å². The summed E-state index contributed by atoms with van der Waals surface area (Å²) in [4.78, 5) is 22.7. The minimum absolute atomic E-state index is 0.0152. The number of aromatic nitrogens is 4. The second-order valence-electron chi connectivity index (χ2n) is 6.60. The Balaban J connectivity index is 1.43. The maximum atomic E-state index is 12.5. The summed E-state index contributed by atoms with van der Waals surface area (Å²) in [7, 11) is 0. The predicted octanol–water partition coefficient (Wildman–Crippen LogP) is 4.89. The van der Waals surface area contributed by atoms with Crippen LogP contribution in [-0.4, -0.2) is 30.4 Å². The molecule has 13 heteroatoms. The van der Waals surface area contributed by atoms with E-state index < -0.39 is 10.8 Å². The van der Waals surface area contributed by atoms with Gasteiger partial charge in [0.15, 0.2) is 11.6 Å². The molecule has 0 atom stereocenters. The van der Waals surface area contributed by atoms with E-state index in [9.17, 15) is 14.9 Å². The van der Waals surface area contributed by atoms with Gasteiger partial charge in [-0.25, -0.2) is 0 Å². The summed E-state index contributed by atoms with van der Waals surface area (Å²) >= 11 is 18.6. The van der Waals surface area contributed by atoms with Gasteiger partial charge in [0.05, 0.1) is 18.0 Å². The van der Waals surface area contributed by atoms with E-state index in [2.05, 4.69) is 15.5 Å². The molecule has 0 radical (unpaired) electrons. The van der Waals surface area contributed by atoms with Crippen LogP contribution in [-0.2, 0) is 13.1 Å². The van der Waals surface area contributed by atoms with Crippen LogP contribution in [0.1, 0.15) is 21.9 Å². The number of hydrogen-bond donors (Lipinski definition) is 1. The summed E-state index contributed by atoms with van der Waals surface area (Å²) in [5.41, 5.74) is 0.528. The van der Waals surface area contributed by atoms with Crippen LogP contribution in [0.15, 0.2) is 53.3 Å². The van der Waals surface area contributed by atoms with Gasteiger partial charge in [-0.2, -0.15) is 10.2 Å². The van der Waals surface area contributed by atoms with Gasteiger partial charge in [0.2, 0.25) is 0 Å². The van der Waals surface area contributed by atoms with Crippen molar-refractivity contribution < 1.29 is 14.1 Å². The first kappa shape index (κ1) is 21.9. The minimum atomic E-state index is -0.564. The van der Waals surface area contributed by atoms with Crippen molar-refractivity contribution in [1.82, 2.24) is 19.6 Å². The molecule has 4 rings (SSSR count). The SMILES string of the molecule is O=C(Nc1nn(Cc2c(Cl)cccc2Cl)cc1Cl)c1ccc(Cn2cc([N+](=O)[O-])cn2)o1. The number of nitro groups is 1. The highest BCUT2D eigenvalue weighted by Crippen LogP contribution is 2.27. The molecule has 0 fully saturated rings. The average molecular weight is 496 g/mol.